The fraction of sp³-hybridized carbons (Fsp3) is 0.478. The Morgan fingerprint density at radius 1 is 1.00 bits per heavy atom. The summed E-state index contributed by atoms with van der Waals surface area (Å²) in [6, 6.07) is 11.4. The minimum Gasteiger partial charge on any atom is -0.343 e. The van der Waals surface area contributed by atoms with Crippen LogP contribution in [0.3, 0.4) is 0 Å². The van der Waals surface area contributed by atoms with Gasteiger partial charge < -0.3 is 14.8 Å². The summed E-state index contributed by atoms with van der Waals surface area (Å²) in [5.41, 5.74) is 3.69. The number of rotatable bonds is 4. The van der Waals surface area contributed by atoms with Gasteiger partial charge in [0.05, 0.1) is 6.54 Å². The average molecular weight is 397 g/mol. The summed E-state index contributed by atoms with van der Waals surface area (Å²) in [4.78, 5) is 29.3. The number of amides is 2. The van der Waals surface area contributed by atoms with Crippen LogP contribution in [0.25, 0.3) is 0 Å². The highest BCUT2D eigenvalue weighted by Crippen LogP contribution is 2.25. The number of Topliss-reactive ketones (excluding diaryl/α,β-unsaturated/α-hetero) is 1. The van der Waals surface area contributed by atoms with Gasteiger partial charge in [-0.1, -0.05) is 18.2 Å². The molecule has 2 aromatic rings. The topological polar surface area (TPSA) is 57.6 Å². The second-order valence-electron chi connectivity index (χ2n) is 8.77. The fourth-order valence-electron chi connectivity index (χ4n) is 4.20. The lowest BCUT2D eigenvalue weighted by atomic mass is 10.1. The summed E-state index contributed by atoms with van der Waals surface area (Å²) in [6.45, 7) is 13.6. The predicted octanol–water partition coefficient (Wildman–Crippen LogP) is 3.89. The molecular weight excluding hydrogens is 364 g/mol. The molecule has 0 unspecified atom stereocenters. The number of nitrogens with one attached hydrogen (secondary N) is 1. The maximum absolute atomic E-state index is 12.9. The summed E-state index contributed by atoms with van der Waals surface area (Å²) in [6.07, 6.45) is 0. The van der Waals surface area contributed by atoms with Gasteiger partial charge in [0, 0.05) is 54.4 Å². The van der Waals surface area contributed by atoms with Gasteiger partial charge in [0.25, 0.3) is 0 Å². The number of aromatic nitrogens is 1. The molecule has 1 saturated heterocycles. The third-order valence-electron chi connectivity index (χ3n) is 5.45. The lowest BCUT2D eigenvalue weighted by molar-refractivity contribution is 0.0883. The Kier molecular flexibility index (Phi) is 6.13. The molecule has 2 amide bonds. The number of piperazine rings is 1. The summed E-state index contributed by atoms with van der Waals surface area (Å²) in [5.74, 6) is 0.149. The highest BCUT2D eigenvalue weighted by atomic mass is 16.2. The van der Waals surface area contributed by atoms with Crippen LogP contribution in [0, 0.1) is 13.8 Å². The number of nitrogens with zero attached hydrogens (tertiary/aromatic N) is 3. The number of hydrogen-bond acceptors (Lipinski definition) is 3. The Morgan fingerprint density at radius 3 is 2.17 bits per heavy atom. The first-order chi connectivity index (χ1) is 13.7. The Bertz CT molecular complexity index is 872. The van der Waals surface area contributed by atoms with Crippen molar-refractivity contribution >= 4 is 17.5 Å². The number of hydrogen-bond donors (Lipinski definition) is 1. The van der Waals surface area contributed by atoms with Crippen LogP contribution >= 0.6 is 0 Å². The van der Waals surface area contributed by atoms with Gasteiger partial charge in [-0.25, -0.2) is 4.79 Å². The van der Waals surface area contributed by atoms with E-state index < -0.39 is 0 Å². The van der Waals surface area contributed by atoms with E-state index in [0.29, 0.717) is 32.7 Å². The molecule has 1 N–H and O–H groups in total. The zero-order valence-electron chi connectivity index (χ0n) is 18.2. The van der Waals surface area contributed by atoms with Crippen LogP contribution < -0.4 is 5.32 Å². The van der Waals surface area contributed by atoms with Crippen molar-refractivity contribution in [3.05, 3.63) is 53.3 Å². The molecule has 1 aliphatic rings. The van der Waals surface area contributed by atoms with Crippen LogP contribution in [0.15, 0.2) is 36.4 Å². The van der Waals surface area contributed by atoms with Crippen molar-refractivity contribution < 1.29 is 9.59 Å². The third-order valence-corrected chi connectivity index (χ3v) is 5.45. The average Bonchev–Trinajstić information content (AvgIpc) is 2.97. The summed E-state index contributed by atoms with van der Waals surface area (Å²) in [5, 5.41) is 2.92. The number of urea groups is 1. The zero-order chi connectivity index (χ0) is 21.2. The Hall–Kier alpha value is -2.60. The molecule has 1 aliphatic heterocycles. The van der Waals surface area contributed by atoms with Crippen LogP contribution in [0.1, 0.15) is 42.5 Å². The summed E-state index contributed by atoms with van der Waals surface area (Å²) < 4.78 is 2.23. The molecule has 1 fully saturated rings. The van der Waals surface area contributed by atoms with Crippen LogP contribution in [-0.4, -0.2) is 58.9 Å². The number of ketones is 1. The van der Waals surface area contributed by atoms with Gasteiger partial charge in [0.1, 0.15) is 0 Å². The van der Waals surface area contributed by atoms with E-state index >= 15 is 0 Å². The van der Waals surface area contributed by atoms with Crippen molar-refractivity contribution in [3.8, 4) is 0 Å². The van der Waals surface area contributed by atoms with Gasteiger partial charge >= 0.3 is 6.03 Å². The van der Waals surface area contributed by atoms with Crippen LogP contribution in [-0.2, 0) is 5.54 Å². The molecule has 29 heavy (non-hydrogen) atoms. The lowest BCUT2D eigenvalue weighted by Crippen LogP contribution is -2.51. The van der Waals surface area contributed by atoms with Gasteiger partial charge in [0.2, 0.25) is 0 Å². The number of aryl methyl sites for hydroxylation is 1. The molecule has 6 heteroatoms. The van der Waals surface area contributed by atoms with Gasteiger partial charge in [-0.2, -0.15) is 0 Å². The van der Waals surface area contributed by atoms with Crippen LogP contribution in [0.5, 0.6) is 0 Å². The number of benzene rings is 1. The van der Waals surface area contributed by atoms with Gasteiger partial charge in [-0.05, 0) is 52.8 Å². The number of anilines is 1. The first-order valence-corrected chi connectivity index (χ1v) is 10.2. The smallest absolute Gasteiger partial charge is 0.321 e. The van der Waals surface area contributed by atoms with E-state index in [1.54, 1.807) is 4.90 Å². The SMILES string of the molecule is Cc1cc(C(=O)CN2CCN(C(=O)Nc3ccccc3)CC2)c(C)n1C(C)(C)C. The third kappa shape index (κ3) is 4.88. The quantitative estimate of drug-likeness (QED) is 0.798. The molecule has 0 atom stereocenters. The normalized spacial score (nSPS) is 15.4. The van der Waals surface area contributed by atoms with E-state index in [1.165, 1.54) is 0 Å². The molecule has 6 nitrogen and oxygen atoms in total. The molecular formula is C23H32N4O2. The van der Waals surface area contributed by atoms with E-state index in [2.05, 4.69) is 42.5 Å². The molecule has 2 heterocycles. The van der Waals surface area contributed by atoms with Crippen LogP contribution in [0.2, 0.25) is 0 Å². The molecule has 0 bridgehead atoms. The highest BCUT2D eigenvalue weighted by Gasteiger charge is 2.26. The molecule has 1 aromatic carbocycles. The van der Waals surface area contributed by atoms with Crippen molar-refractivity contribution in [2.24, 2.45) is 0 Å². The highest BCUT2D eigenvalue weighted by molar-refractivity contribution is 5.99. The maximum atomic E-state index is 12.9. The Morgan fingerprint density at radius 2 is 1.62 bits per heavy atom. The predicted molar refractivity (Wildman–Crippen MR) is 117 cm³/mol. The van der Waals surface area contributed by atoms with Crippen molar-refractivity contribution in [2.45, 2.75) is 40.2 Å². The molecule has 0 radical (unpaired) electrons. The first-order valence-electron chi connectivity index (χ1n) is 10.2. The van der Waals surface area contributed by atoms with E-state index in [4.69, 9.17) is 0 Å². The van der Waals surface area contributed by atoms with Gasteiger partial charge in [0.15, 0.2) is 5.78 Å². The van der Waals surface area contributed by atoms with Crippen LogP contribution in [0.4, 0.5) is 10.5 Å². The van der Waals surface area contributed by atoms with E-state index in [0.717, 1.165) is 22.6 Å². The molecule has 0 spiro atoms. The number of carbonyl (C=O) groups excluding carboxylic acids is 2. The summed E-state index contributed by atoms with van der Waals surface area (Å²) >= 11 is 0. The molecule has 0 aliphatic carbocycles. The first kappa shape index (κ1) is 21.1. The van der Waals surface area contributed by atoms with E-state index in [1.807, 2.05) is 43.3 Å². The minimum absolute atomic E-state index is 0.0512. The second kappa shape index (κ2) is 8.41. The van der Waals surface area contributed by atoms with E-state index in [-0.39, 0.29) is 17.4 Å². The van der Waals surface area contributed by atoms with Crippen molar-refractivity contribution in [2.75, 3.05) is 38.0 Å². The summed E-state index contributed by atoms with van der Waals surface area (Å²) in [7, 11) is 0. The van der Waals surface area contributed by atoms with E-state index in [9.17, 15) is 9.59 Å². The number of carbonyl (C=O) groups is 2. The standard InChI is InChI=1S/C23H32N4O2/c1-17-15-20(18(2)27(17)23(3,4)5)21(28)16-25-11-13-26(14-12-25)22(29)24-19-9-7-6-8-10-19/h6-10,15H,11-14,16H2,1-5H3,(H,24,29). The van der Waals surface area contributed by atoms with Crippen molar-refractivity contribution in [3.63, 3.8) is 0 Å². The molecule has 156 valence electrons. The monoisotopic (exact) mass is 396 g/mol. The zero-order valence-corrected chi connectivity index (χ0v) is 18.2. The lowest BCUT2D eigenvalue weighted by Gasteiger charge is -2.34. The van der Waals surface area contributed by atoms with Crippen molar-refractivity contribution in [1.29, 1.82) is 0 Å². The van der Waals surface area contributed by atoms with Gasteiger partial charge in [-0.3, -0.25) is 9.69 Å². The Labute approximate surface area is 173 Å². The second-order valence-corrected chi connectivity index (χ2v) is 8.77. The fourth-order valence-corrected chi connectivity index (χ4v) is 4.20. The van der Waals surface area contributed by atoms with Gasteiger partial charge in [-0.15, -0.1) is 0 Å². The number of para-hydroxylation sites is 1. The molecule has 0 saturated carbocycles. The molecule has 3 rings (SSSR count). The molecule has 1 aromatic heterocycles. The Balaban J connectivity index is 1.56. The van der Waals surface area contributed by atoms with Crippen molar-refractivity contribution in [1.82, 2.24) is 14.4 Å². The minimum atomic E-state index is -0.0871. The maximum Gasteiger partial charge on any atom is 0.321 e. The largest absolute Gasteiger partial charge is 0.343 e.